The average molecular weight is 273 g/mol. The van der Waals surface area contributed by atoms with E-state index < -0.39 is 0 Å². The minimum absolute atomic E-state index is 0.00644. The molecule has 1 aliphatic rings. The lowest BCUT2D eigenvalue weighted by atomic mass is 10.0. The predicted molar refractivity (Wildman–Crippen MR) is 78.1 cm³/mol. The third-order valence-electron chi connectivity index (χ3n) is 3.33. The number of aromatic nitrogens is 2. The van der Waals surface area contributed by atoms with E-state index >= 15 is 0 Å². The molecule has 1 aliphatic heterocycles. The van der Waals surface area contributed by atoms with E-state index in [9.17, 15) is 4.79 Å². The van der Waals surface area contributed by atoms with Gasteiger partial charge >= 0.3 is 0 Å². The number of para-hydroxylation sites is 1. The van der Waals surface area contributed by atoms with Gasteiger partial charge in [-0.2, -0.15) is 0 Å². The zero-order valence-electron chi connectivity index (χ0n) is 10.9. The molecule has 0 saturated heterocycles. The zero-order chi connectivity index (χ0) is 13.6. The van der Waals surface area contributed by atoms with Gasteiger partial charge in [0.25, 0.3) is 5.91 Å². The number of fused-ring (bicyclic) bond motifs is 3. The lowest BCUT2D eigenvalue weighted by Crippen LogP contribution is -2.26. The Morgan fingerprint density at radius 1 is 1.42 bits per heavy atom. The minimum atomic E-state index is -0.200. The highest BCUT2D eigenvalue weighted by Crippen LogP contribution is 2.29. The molecule has 0 bridgehead atoms. The van der Waals surface area contributed by atoms with Crippen molar-refractivity contribution in [2.45, 2.75) is 26.3 Å². The van der Waals surface area contributed by atoms with Gasteiger partial charge < -0.3 is 5.32 Å². The van der Waals surface area contributed by atoms with Gasteiger partial charge in [0.2, 0.25) is 4.77 Å². The molecule has 1 atom stereocenters. The number of hydrogen-bond donors (Lipinski definition) is 1. The van der Waals surface area contributed by atoms with Crippen LogP contribution in [0.25, 0.3) is 10.9 Å². The van der Waals surface area contributed by atoms with Crippen LogP contribution in [0.1, 0.15) is 25.1 Å². The van der Waals surface area contributed by atoms with E-state index in [1.165, 1.54) is 4.57 Å². The number of rotatable bonds is 2. The van der Waals surface area contributed by atoms with Crippen LogP contribution in [-0.4, -0.2) is 21.5 Å². The maximum atomic E-state index is 12.4. The second kappa shape index (κ2) is 4.42. The lowest BCUT2D eigenvalue weighted by Gasteiger charge is -2.10. The van der Waals surface area contributed by atoms with Gasteiger partial charge in [0.1, 0.15) is 11.9 Å². The Balaban J connectivity index is 2.19. The first-order chi connectivity index (χ1) is 9.08. The molecule has 4 nitrogen and oxygen atoms in total. The molecule has 1 aromatic carbocycles. The first kappa shape index (κ1) is 12.3. The summed E-state index contributed by atoms with van der Waals surface area (Å²) in [5.41, 5.74) is 0.823. The van der Waals surface area contributed by atoms with Crippen LogP contribution in [0.4, 0.5) is 5.82 Å². The maximum Gasteiger partial charge on any atom is 0.257 e. The Morgan fingerprint density at radius 2 is 2.16 bits per heavy atom. The maximum absolute atomic E-state index is 12.4. The second-order valence-electron chi connectivity index (χ2n) is 5.26. The highest BCUT2D eigenvalue weighted by molar-refractivity contribution is 7.71. The molecular formula is C14H15N3OS. The van der Waals surface area contributed by atoms with Crippen molar-refractivity contribution in [1.29, 1.82) is 0 Å². The third-order valence-corrected chi connectivity index (χ3v) is 3.60. The highest BCUT2D eigenvalue weighted by Gasteiger charge is 2.31. The molecule has 2 heterocycles. The molecule has 3 rings (SSSR count). The monoisotopic (exact) mass is 273 g/mol. The lowest BCUT2D eigenvalue weighted by molar-refractivity contribution is 0.0896. The Kier molecular flexibility index (Phi) is 2.86. The fourth-order valence-corrected chi connectivity index (χ4v) is 2.78. The summed E-state index contributed by atoms with van der Waals surface area (Å²) in [5.74, 6) is 1.24. The molecule has 0 radical (unpaired) electrons. The zero-order valence-corrected chi connectivity index (χ0v) is 11.7. The molecule has 1 aromatic heterocycles. The number of benzene rings is 1. The molecule has 1 N–H and O–H groups in total. The van der Waals surface area contributed by atoms with E-state index in [2.05, 4.69) is 24.1 Å². The largest absolute Gasteiger partial charge is 0.359 e. The van der Waals surface area contributed by atoms with Crippen LogP contribution in [0, 0.1) is 10.7 Å². The second-order valence-corrected chi connectivity index (χ2v) is 5.63. The number of nitrogens with one attached hydrogen (secondary N) is 1. The van der Waals surface area contributed by atoms with Crippen molar-refractivity contribution in [3.63, 3.8) is 0 Å². The predicted octanol–water partition coefficient (Wildman–Crippen LogP) is 3.25. The van der Waals surface area contributed by atoms with Crippen molar-refractivity contribution in [2.24, 2.45) is 5.92 Å². The summed E-state index contributed by atoms with van der Waals surface area (Å²) in [4.78, 5) is 16.7. The molecule has 0 aliphatic carbocycles. The van der Waals surface area contributed by atoms with E-state index in [0.717, 1.165) is 23.1 Å². The van der Waals surface area contributed by atoms with Gasteiger partial charge in [-0.15, -0.1) is 0 Å². The van der Waals surface area contributed by atoms with E-state index in [4.69, 9.17) is 12.2 Å². The van der Waals surface area contributed by atoms with Gasteiger partial charge in [0.15, 0.2) is 0 Å². The molecule has 0 amide bonds. The summed E-state index contributed by atoms with van der Waals surface area (Å²) in [6.45, 7) is 4.21. The van der Waals surface area contributed by atoms with Gasteiger partial charge in [-0.1, -0.05) is 26.0 Å². The van der Waals surface area contributed by atoms with Crippen LogP contribution in [0.5, 0.6) is 0 Å². The Bertz CT molecular complexity index is 720. The van der Waals surface area contributed by atoms with Gasteiger partial charge in [-0.05, 0) is 36.7 Å². The molecule has 1 unspecified atom stereocenters. The average Bonchev–Trinajstić information content (AvgIpc) is 2.67. The van der Waals surface area contributed by atoms with Crippen molar-refractivity contribution in [3.8, 4) is 0 Å². The molecular weight excluding hydrogens is 258 g/mol. The minimum Gasteiger partial charge on any atom is -0.359 e. The van der Waals surface area contributed by atoms with Crippen LogP contribution in [-0.2, 0) is 0 Å². The number of carbonyl (C=O) groups is 1. The first-order valence-electron chi connectivity index (χ1n) is 6.40. The summed E-state index contributed by atoms with van der Waals surface area (Å²) < 4.78 is 1.86. The summed E-state index contributed by atoms with van der Waals surface area (Å²) >= 11 is 5.24. The van der Waals surface area contributed by atoms with Gasteiger partial charge in [-0.3, -0.25) is 4.79 Å². The normalized spacial score (nSPS) is 17.8. The van der Waals surface area contributed by atoms with Crippen LogP contribution >= 0.6 is 12.2 Å². The SMILES string of the molecule is CC(C)CC1Nc2c3ccccc3nc(=S)n2C1=O. The van der Waals surface area contributed by atoms with Crippen molar-refractivity contribution in [3.05, 3.63) is 29.0 Å². The number of anilines is 1. The van der Waals surface area contributed by atoms with Gasteiger partial charge in [0, 0.05) is 5.39 Å². The molecule has 0 spiro atoms. The van der Waals surface area contributed by atoms with Gasteiger partial charge in [0.05, 0.1) is 5.52 Å². The quantitative estimate of drug-likeness (QED) is 0.853. The molecule has 2 aromatic rings. The molecule has 5 heteroatoms. The number of carbonyl (C=O) groups excluding carboxylic acids is 1. The third kappa shape index (κ3) is 1.94. The summed E-state index contributed by atoms with van der Waals surface area (Å²) in [6.07, 6.45) is 0.795. The van der Waals surface area contributed by atoms with Crippen molar-refractivity contribution in [1.82, 2.24) is 9.55 Å². The Morgan fingerprint density at radius 3 is 2.89 bits per heavy atom. The first-order valence-corrected chi connectivity index (χ1v) is 6.81. The van der Waals surface area contributed by atoms with Crippen LogP contribution in [0.2, 0.25) is 0 Å². The van der Waals surface area contributed by atoms with E-state index in [0.29, 0.717) is 10.7 Å². The van der Waals surface area contributed by atoms with Crippen molar-refractivity contribution < 1.29 is 4.79 Å². The van der Waals surface area contributed by atoms with E-state index in [-0.39, 0.29) is 11.9 Å². The fourth-order valence-electron chi connectivity index (χ4n) is 2.50. The van der Waals surface area contributed by atoms with E-state index in [1.54, 1.807) is 0 Å². The summed E-state index contributed by atoms with van der Waals surface area (Å²) in [6, 6.07) is 7.53. The Labute approximate surface area is 116 Å². The summed E-state index contributed by atoms with van der Waals surface area (Å²) in [5, 5.41) is 4.25. The smallest absolute Gasteiger partial charge is 0.257 e. The topological polar surface area (TPSA) is 46.9 Å². The molecule has 0 fully saturated rings. The molecule has 19 heavy (non-hydrogen) atoms. The van der Waals surface area contributed by atoms with E-state index in [1.807, 2.05) is 24.3 Å². The number of nitrogens with zero attached hydrogens (tertiary/aromatic N) is 2. The van der Waals surface area contributed by atoms with Crippen molar-refractivity contribution >= 4 is 34.8 Å². The van der Waals surface area contributed by atoms with Gasteiger partial charge in [-0.25, -0.2) is 9.55 Å². The fraction of sp³-hybridized carbons (Fsp3) is 0.357. The Hall–Kier alpha value is -1.75. The molecule has 98 valence electrons. The van der Waals surface area contributed by atoms with Crippen LogP contribution in [0.3, 0.4) is 0 Å². The molecule has 0 saturated carbocycles. The van der Waals surface area contributed by atoms with Crippen molar-refractivity contribution in [2.75, 3.05) is 5.32 Å². The number of hydrogen-bond acceptors (Lipinski definition) is 4. The van der Waals surface area contributed by atoms with Crippen LogP contribution < -0.4 is 5.32 Å². The highest BCUT2D eigenvalue weighted by atomic mass is 32.1. The summed E-state index contributed by atoms with van der Waals surface area (Å²) in [7, 11) is 0. The van der Waals surface area contributed by atoms with Crippen LogP contribution in [0.15, 0.2) is 24.3 Å². The standard InChI is InChI=1S/C14H15N3OS/c1-8(2)7-11-13(18)17-12(15-11)9-5-3-4-6-10(9)16-14(17)19/h3-6,8,11,15H,7H2,1-2H3.